The van der Waals surface area contributed by atoms with Crippen LogP contribution in [0.3, 0.4) is 0 Å². The Morgan fingerprint density at radius 1 is 1.10 bits per heavy atom. The van der Waals surface area contributed by atoms with Gasteiger partial charge in [-0.1, -0.05) is 13.8 Å². The minimum atomic E-state index is -1.29. The van der Waals surface area contributed by atoms with Gasteiger partial charge in [0.15, 0.2) is 6.10 Å². The molecule has 0 saturated carbocycles. The van der Waals surface area contributed by atoms with Crippen molar-refractivity contribution in [3.63, 3.8) is 0 Å². The van der Waals surface area contributed by atoms with Crippen LogP contribution >= 0.6 is 11.8 Å². The molecule has 0 bridgehead atoms. The van der Waals surface area contributed by atoms with Gasteiger partial charge in [0.25, 0.3) is 5.91 Å². The SMILES string of the molecule is CC(C)(COC(=O)C(=O)OCC[N+](C)(C)C)[C@H]1OC(=O)SCCNC(=O)CCNC1=O. The summed E-state index contributed by atoms with van der Waals surface area (Å²) in [6.07, 6.45) is -1.22. The maximum atomic E-state index is 12.6. The van der Waals surface area contributed by atoms with E-state index in [1.54, 1.807) is 13.8 Å². The molecule has 1 aliphatic rings. The van der Waals surface area contributed by atoms with Gasteiger partial charge >= 0.3 is 17.2 Å². The molecule has 11 nitrogen and oxygen atoms in total. The van der Waals surface area contributed by atoms with Crippen molar-refractivity contribution in [2.75, 3.05) is 59.7 Å². The molecule has 0 unspecified atom stereocenters. The highest BCUT2D eigenvalue weighted by Crippen LogP contribution is 2.26. The van der Waals surface area contributed by atoms with Crippen molar-refractivity contribution >= 4 is 40.8 Å². The van der Waals surface area contributed by atoms with Crippen molar-refractivity contribution in [3.8, 4) is 0 Å². The summed E-state index contributed by atoms with van der Waals surface area (Å²) in [5, 5.41) is 4.46. The Hall–Kier alpha value is -2.34. The van der Waals surface area contributed by atoms with Crippen LogP contribution in [0.1, 0.15) is 20.3 Å². The van der Waals surface area contributed by atoms with Crippen LogP contribution < -0.4 is 10.6 Å². The van der Waals surface area contributed by atoms with E-state index in [4.69, 9.17) is 14.2 Å². The van der Waals surface area contributed by atoms with Crippen LogP contribution in [0, 0.1) is 5.41 Å². The number of carbonyl (C=O) groups excluding carboxylic acids is 5. The van der Waals surface area contributed by atoms with Gasteiger partial charge in [-0.3, -0.25) is 9.59 Å². The number of nitrogens with one attached hydrogen (secondary N) is 2. The maximum Gasteiger partial charge on any atom is 0.417 e. The van der Waals surface area contributed by atoms with Crippen LogP contribution in [-0.2, 0) is 33.4 Å². The van der Waals surface area contributed by atoms with Crippen molar-refractivity contribution in [2.45, 2.75) is 26.4 Å². The van der Waals surface area contributed by atoms with Gasteiger partial charge in [0, 0.05) is 30.7 Å². The van der Waals surface area contributed by atoms with Crippen LogP contribution in [-0.4, -0.2) is 99.4 Å². The first kappa shape index (κ1) is 26.7. The standard InChI is InChI=1S/C19H31N3O8S/c1-19(2,12-29-17(26)16(25)28-10-9-22(3,4)5)14-15(24)21-7-6-13(23)20-8-11-31-18(27)30-14/h14H,6-12H2,1-5H3,(H-,20,21,23,24)/p+1/t14-/m0/s1. The van der Waals surface area contributed by atoms with Crippen molar-refractivity contribution in [1.82, 2.24) is 10.6 Å². The molecule has 1 aliphatic heterocycles. The predicted molar refractivity (Wildman–Crippen MR) is 112 cm³/mol. The third kappa shape index (κ3) is 10.5. The maximum absolute atomic E-state index is 12.6. The molecule has 0 aliphatic carbocycles. The molecule has 12 heteroatoms. The number of amides is 2. The first-order valence-electron chi connectivity index (χ1n) is 9.84. The zero-order valence-electron chi connectivity index (χ0n) is 18.6. The number of hydrogen-bond donors (Lipinski definition) is 2. The number of nitrogens with zero attached hydrogens (tertiary/aromatic N) is 1. The lowest BCUT2D eigenvalue weighted by atomic mass is 9.86. The van der Waals surface area contributed by atoms with Crippen LogP contribution in [0.5, 0.6) is 0 Å². The number of quaternary nitrogens is 1. The highest BCUT2D eigenvalue weighted by atomic mass is 32.2. The molecule has 1 atom stereocenters. The Bertz CT molecular complexity index is 690. The van der Waals surface area contributed by atoms with Gasteiger partial charge in [0.1, 0.15) is 19.8 Å². The summed E-state index contributed by atoms with van der Waals surface area (Å²) in [7, 11) is 5.73. The Morgan fingerprint density at radius 3 is 2.39 bits per heavy atom. The number of ether oxygens (including phenoxy) is 3. The molecule has 2 N–H and O–H groups in total. The molecular weight excluding hydrogens is 430 g/mol. The summed E-state index contributed by atoms with van der Waals surface area (Å²) in [5.41, 5.74) is -1.15. The van der Waals surface area contributed by atoms with E-state index < -0.39 is 34.7 Å². The molecule has 31 heavy (non-hydrogen) atoms. The number of rotatable bonds is 6. The number of cyclic esters (lactones) is 1. The largest absolute Gasteiger partial charge is 0.457 e. The molecule has 0 aromatic carbocycles. The monoisotopic (exact) mass is 462 g/mol. The lowest BCUT2D eigenvalue weighted by Crippen LogP contribution is -2.49. The summed E-state index contributed by atoms with van der Waals surface area (Å²) in [4.78, 5) is 60.1. The summed E-state index contributed by atoms with van der Waals surface area (Å²) in [6, 6.07) is 0. The molecule has 1 fully saturated rings. The van der Waals surface area contributed by atoms with Gasteiger partial charge in [0.05, 0.1) is 21.1 Å². The van der Waals surface area contributed by atoms with Crippen molar-refractivity contribution in [3.05, 3.63) is 0 Å². The third-order valence-corrected chi connectivity index (χ3v) is 4.93. The smallest absolute Gasteiger partial charge is 0.417 e. The zero-order chi connectivity index (χ0) is 23.7. The van der Waals surface area contributed by atoms with E-state index in [0.717, 1.165) is 11.8 Å². The first-order chi connectivity index (χ1) is 14.3. The van der Waals surface area contributed by atoms with Gasteiger partial charge in [-0.2, -0.15) is 0 Å². The molecule has 2 amide bonds. The molecule has 1 saturated heterocycles. The molecule has 0 spiro atoms. The first-order valence-corrected chi connectivity index (χ1v) is 10.8. The van der Waals surface area contributed by atoms with E-state index in [0.29, 0.717) is 11.0 Å². The highest BCUT2D eigenvalue weighted by Gasteiger charge is 2.40. The van der Waals surface area contributed by atoms with Crippen LogP contribution in [0.25, 0.3) is 0 Å². The van der Waals surface area contributed by atoms with Crippen LogP contribution in [0.4, 0.5) is 4.79 Å². The molecule has 1 heterocycles. The molecule has 176 valence electrons. The second kappa shape index (κ2) is 11.9. The molecule has 0 aromatic heterocycles. The van der Waals surface area contributed by atoms with E-state index in [-0.39, 0.29) is 44.4 Å². The van der Waals surface area contributed by atoms with E-state index >= 15 is 0 Å². The third-order valence-electron chi connectivity index (χ3n) is 4.19. The topological polar surface area (TPSA) is 137 Å². The number of thioether (sulfide) groups is 1. The number of hydrogen-bond acceptors (Lipinski definition) is 9. The van der Waals surface area contributed by atoms with E-state index in [1.807, 2.05) is 21.1 Å². The fourth-order valence-electron chi connectivity index (χ4n) is 2.36. The number of carbonyl (C=O) groups is 5. The molecule has 0 radical (unpaired) electrons. The summed E-state index contributed by atoms with van der Waals surface area (Å²) < 4.78 is 15.8. The lowest BCUT2D eigenvalue weighted by molar-refractivity contribution is -0.870. The summed E-state index contributed by atoms with van der Waals surface area (Å²) >= 11 is 0.816. The lowest BCUT2D eigenvalue weighted by Gasteiger charge is -2.32. The zero-order valence-corrected chi connectivity index (χ0v) is 19.5. The molecule has 1 rings (SSSR count). The average Bonchev–Trinajstić information content (AvgIpc) is 2.65. The van der Waals surface area contributed by atoms with Crippen molar-refractivity contribution in [2.24, 2.45) is 5.41 Å². The van der Waals surface area contributed by atoms with Crippen molar-refractivity contribution < 1.29 is 42.7 Å². The van der Waals surface area contributed by atoms with Crippen molar-refractivity contribution in [1.29, 1.82) is 0 Å². The molecule has 0 aromatic rings. The number of esters is 2. The quantitative estimate of drug-likeness (QED) is 0.235. The average molecular weight is 463 g/mol. The van der Waals surface area contributed by atoms with Gasteiger partial charge in [-0.05, 0) is 11.8 Å². The Kier molecular flexibility index (Phi) is 10.2. The minimum absolute atomic E-state index is 0.0499. The van der Waals surface area contributed by atoms with Crippen LogP contribution in [0.15, 0.2) is 0 Å². The second-order valence-corrected chi connectivity index (χ2v) is 9.73. The number of likely N-dealkylation sites (N-methyl/N-ethyl adjacent to an activating group) is 1. The van der Waals surface area contributed by atoms with E-state index in [9.17, 15) is 24.0 Å². The van der Waals surface area contributed by atoms with Gasteiger partial charge in [-0.25, -0.2) is 14.4 Å². The highest BCUT2D eigenvalue weighted by molar-refractivity contribution is 8.13. The Morgan fingerprint density at radius 2 is 1.74 bits per heavy atom. The van der Waals surface area contributed by atoms with E-state index in [1.165, 1.54) is 0 Å². The molecular formula is C19H32N3O8S+. The normalized spacial score (nSPS) is 19.1. The van der Waals surface area contributed by atoms with Gasteiger partial charge < -0.3 is 29.3 Å². The van der Waals surface area contributed by atoms with E-state index in [2.05, 4.69) is 10.6 Å². The minimum Gasteiger partial charge on any atom is -0.457 e. The fraction of sp³-hybridized carbons (Fsp3) is 0.737. The summed E-state index contributed by atoms with van der Waals surface area (Å²) in [6.45, 7) is 3.65. The predicted octanol–water partition coefficient (Wildman–Crippen LogP) is -0.320. The summed E-state index contributed by atoms with van der Waals surface area (Å²) in [5.74, 6) is -2.92. The van der Waals surface area contributed by atoms with Gasteiger partial charge in [0.2, 0.25) is 5.91 Å². The fourth-order valence-corrected chi connectivity index (χ4v) is 2.90. The second-order valence-electron chi connectivity index (χ2n) is 8.70. The van der Waals surface area contributed by atoms with Crippen LogP contribution in [0.2, 0.25) is 0 Å². The van der Waals surface area contributed by atoms with Gasteiger partial charge in [-0.15, -0.1) is 0 Å². The Balaban J connectivity index is 2.72. The Labute approximate surface area is 186 Å².